The maximum absolute atomic E-state index is 9.11. The summed E-state index contributed by atoms with van der Waals surface area (Å²) in [7, 11) is 0. The molecule has 6 rings (SSSR count). The van der Waals surface area contributed by atoms with Gasteiger partial charge in [0.05, 0.1) is 23.0 Å². The molecule has 3 heterocycles. The predicted molar refractivity (Wildman–Crippen MR) is 122 cm³/mol. The number of benzene rings is 3. The van der Waals surface area contributed by atoms with Crippen molar-refractivity contribution in [3.8, 4) is 28.6 Å². The second-order valence-electron chi connectivity index (χ2n) is 7.45. The fourth-order valence-electron chi connectivity index (χ4n) is 4.08. The second-order valence-corrected chi connectivity index (χ2v) is 7.45. The summed E-state index contributed by atoms with van der Waals surface area (Å²) in [5, 5.41) is 13.7. The number of pyridine rings is 2. The Morgan fingerprint density at radius 1 is 0.710 bits per heavy atom. The lowest BCUT2D eigenvalue weighted by molar-refractivity contribution is 0.669. The van der Waals surface area contributed by atoms with Crippen LogP contribution >= 0.6 is 0 Å². The summed E-state index contributed by atoms with van der Waals surface area (Å²) in [6.07, 6.45) is 3.48. The fraction of sp³-hybridized carbons (Fsp3) is 0. The average Bonchev–Trinajstić information content (AvgIpc) is 3.22. The molecule has 144 valence electrons. The summed E-state index contributed by atoms with van der Waals surface area (Å²) in [6, 6.07) is 28.3. The van der Waals surface area contributed by atoms with E-state index in [0.29, 0.717) is 11.3 Å². The number of fused-ring (bicyclic) bond motifs is 5. The summed E-state index contributed by atoms with van der Waals surface area (Å²) in [6.45, 7) is 0. The van der Waals surface area contributed by atoms with Gasteiger partial charge < -0.3 is 4.42 Å². The van der Waals surface area contributed by atoms with Crippen molar-refractivity contribution >= 4 is 32.7 Å². The molecule has 0 spiro atoms. The van der Waals surface area contributed by atoms with Crippen molar-refractivity contribution in [1.29, 1.82) is 5.26 Å². The maximum Gasteiger partial charge on any atom is 0.136 e. The van der Waals surface area contributed by atoms with E-state index in [1.807, 2.05) is 30.5 Å². The smallest absolute Gasteiger partial charge is 0.136 e. The van der Waals surface area contributed by atoms with Crippen LogP contribution in [0.25, 0.3) is 55.2 Å². The summed E-state index contributed by atoms with van der Waals surface area (Å²) in [5.74, 6) is 0. The molecule has 4 heteroatoms. The fourth-order valence-corrected chi connectivity index (χ4v) is 4.08. The van der Waals surface area contributed by atoms with E-state index in [0.717, 1.165) is 38.8 Å². The minimum atomic E-state index is 0.570. The van der Waals surface area contributed by atoms with Crippen LogP contribution in [0.1, 0.15) is 5.56 Å². The summed E-state index contributed by atoms with van der Waals surface area (Å²) in [5.41, 5.74) is 5.84. The van der Waals surface area contributed by atoms with Gasteiger partial charge in [-0.05, 0) is 52.7 Å². The van der Waals surface area contributed by atoms with Crippen molar-refractivity contribution in [3.05, 3.63) is 96.8 Å². The van der Waals surface area contributed by atoms with Crippen LogP contribution in [0.3, 0.4) is 0 Å². The van der Waals surface area contributed by atoms with Gasteiger partial charge in [-0.15, -0.1) is 0 Å². The van der Waals surface area contributed by atoms with Gasteiger partial charge in [-0.3, -0.25) is 9.97 Å². The van der Waals surface area contributed by atoms with Crippen LogP contribution in [0, 0.1) is 11.3 Å². The van der Waals surface area contributed by atoms with Crippen LogP contribution < -0.4 is 0 Å². The van der Waals surface area contributed by atoms with Crippen molar-refractivity contribution in [2.75, 3.05) is 0 Å². The molecule has 4 nitrogen and oxygen atoms in total. The molecule has 0 aliphatic carbocycles. The molecule has 0 N–H and O–H groups in total. The molecule has 0 fully saturated rings. The minimum Gasteiger partial charge on any atom is -0.456 e. The molecule has 0 aliphatic rings. The Kier molecular flexibility index (Phi) is 3.81. The Balaban J connectivity index is 1.48. The first-order valence-corrected chi connectivity index (χ1v) is 9.97. The van der Waals surface area contributed by atoms with Crippen molar-refractivity contribution < 1.29 is 4.42 Å². The van der Waals surface area contributed by atoms with Gasteiger partial charge in [0.15, 0.2) is 0 Å². The SMILES string of the molecule is N#Cc1ccnc(-c2ccc(-c3ccc4oc5ccc6ccccc6c5c4c3)cn2)c1. The van der Waals surface area contributed by atoms with E-state index in [9.17, 15) is 0 Å². The average molecular weight is 397 g/mol. The third kappa shape index (κ3) is 2.84. The van der Waals surface area contributed by atoms with Crippen LogP contribution in [0.2, 0.25) is 0 Å². The Labute approximate surface area is 178 Å². The largest absolute Gasteiger partial charge is 0.456 e. The highest BCUT2D eigenvalue weighted by atomic mass is 16.3. The Bertz CT molecular complexity index is 1640. The minimum absolute atomic E-state index is 0.570. The lowest BCUT2D eigenvalue weighted by Crippen LogP contribution is -1.89. The van der Waals surface area contributed by atoms with Crippen molar-refractivity contribution in [2.45, 2.75) is 0 Å². The molecule has 3 aromatic heterocycles. The highest BCUT2D eigenvalue weighted by Gasteiger charge is 2.12. The monoisotopic (exact) mass is 397 g/mol. The Morgan fingerprint density at radius 3 is 2.45 bits per heavy atom. The number of aromatic nitrogens is 2. The Hall–Kier alpha value is -4.49. The van der Waals surface area contributed by atoms with Crippen molar-refractivity contribution in [2.24, 2.45) is 0 Å². The van der Waals surface area contributed by atoms with E-state index < -0.39 is 0 Å². The van der Waals surface area contributed by atoms with Gasteiger partial charge in [-0.25, -0.2) is 0 Å². The van der Waals surface area contributed by atoms with Gasteiger partial charge in [-0.1, -0.05) is 42.5 Å². The predicted octanol–water partition coefficient (Wildman–Crippen LogP) is 6.73. The van der Waals surface area contributed by atoms with E-state index >= 15 is 0 Å². The first kappa shape index (κ1) is 17.4. The molecule has 0 amide bonds. The van der Waals surface area contributed by atoms with E-state index in [1.54, 1.807) is 18.3 Å². The highest BCUT2D eigenvalue weighted by molar-refractivity contribution is 6.19. The van der Waals surface area contributed by atoms with E-state index in [2.05, 4.69) is 58.5 Å². The standard InChI is InChI=1S/C27H15N3O/c28-15-17-11-12-29-24(13-17)23-8-5-20(16-30-23)19-7-9-25-22(14-19)27-21-4-2-1-3-18(21)6-10-26(27)31-25/h1-14,16H. The molecule has 0 saturated heterocycles. The van der Waals surface area contributed by atoms with Crippen LogP contribution in [0.5, 0.6) is 0 Å². The van der Waals surface area contributed by atoms with E-state index in [-0.39, 0.29) is 0 Å². The molecule has 3 aromatic carbocycles. The molecule has 0 saturated carbocycles. The first-order valence-electron chi connectivity index (χ1n) is 9.97. The number of nitrogens with zero attached hydrogens (tertiary/aromatic N) is 3. The van der Waals surface area contributed by atoms with E-state index in [4.69, 9.17) is 9.68 Å². The van der Waals surface area contributed by atoms with Crippen molar-refractivity contribution in [1.82, 2.24) is 9.97 Å². The summed E-state index contributed by atoms with van der Waals surface area (Å²) < 4.78 is 6.10. The van der Waals surface area contributed by atoms with Gasteiger partial charge in [0.2, 0.25) is 0 Å². The van der Waals surface area contributed by atoms with Crippen LogP contribution in [0.15, 0.2) is 95.7 Å². The zero-order chi connectivity index (χ0) is 20.8. The number of hydrogen-bond acceptors (Lipinski definition) is 4. The van der Waals surface area contributed by atoms with Gasteiger partial charge in [0.1, 0.15) is 11.2 Å². The number of hydrogen-bond donors (Lipinski definition) is 0. The Morgan fingerprint density at radius 2 is 1.58 bits per heavy atom. The van der Waals surface area contributed by atoms with Gasteiger partial charge in [0, 0.05) is 28.7 Å². The third-order valence-corrected chi connectivity index (χ3v) is 5.61. The highest BCUT2D eigenvalue weighted by Crippen LogP contribution is 2.36. The molecule has 0 aliphatic heterocycles. The molecule has 0 bridgehead atoms. The van der Waals surface area contributed by atoms with Crippen LogP contribution in [0.4, 0.5) is 0 Å². The molecule has 0 atom stereocenters. The molecule has 31 heavy (non-hydrogen) atoms. The van der Waals surface area contributed by atoms with Gasteiger partial charge in [0.25, 0.3) is 0 Å². The lowest BCUT2D eigenvalue weighted by Gasteiger charge is -2.05. The van der Waals surface area contributed by atoms with Crippen LogP contribution in [-0.2, 0) is 0 Å². The molecule has 6 aromatic rings. The molecular formula is C27H15N3O. The summed E-state index contributed by atoms with van der Waals surface area (Å²) >= 11 is 0. The van der Waals surface area contributed by atoms with Crippen molar-refractivity contribution in [3.63, 3.8) is 0 Å². The number of rotatable bonds is 2. The zero-order valence-electron chi connectivity index (χ0n) is 16.4. The molecule has 0 radical (unpaired) electrons. The molecule has 0 unspecified atom stereocenters. The van der Waals surface area contributed by atoms with Crippen LogP contribution in [-0.4, -0.2) is 9.97 Å². The summed E-state index contributed by atoms with van der Waals surface area (Å²) in [4.78, 5) is 8.92. The van der Waals surface area contributed by atoms with Gasteiger partial charge >= 0.3 is 0 Å². The number of furan rings is 1. The molecular weight excluding hydrogens is 382 g/mol. The maximum atomic E-state index is 9.11. The number of nitriles is 1. The second kappa shape index (κ2) is 6.79. The lowest BCUT2D eigenvalue weighted by atomic mass is 10.0. The quantitative estimate of drug-likeness (QED) is 0.325. The topological polar surface area (TPSA) is 62.7 Å². The first-order chi connectivity index (χ1) is 15.3. The normalized spacial score (nSPS) is 11.2. The van der Waals surface area contributed by atoms with E-state index in [1.165, 1.54) is 10.8 Å². The van der Waals surface area contributed by atoms with Gasteiger partial charge in [-0.2, -0.15) is 5.26 Å². The third-order valence-electron chi connectivity index (χ3n) is 5.61. The zero-order valence-corrected chi connectivity index (χ0v) is 16.4.